The van der Waals surface area contributed by atoms with Crippen LogP contribution in [0.2, 0.25) is 0 Å². The number of carbonyl (C=O) groups excluding carboxylic acids is 2. The van der Waals surface area contributed by atoms with Gasteiger partial charge in [-0.05, 0) is 55.7 Å². The molecule has 1 amide bonds. The Morgan fingerprint density at radius 2 is 1.36 bits per heavy atom. The molecule has 1 fully saturated rings. The number of benzene rings is 2. The number of nitrogens with one attached hydrogen (secondary N) is 1. The highest BCUT2D eigenvalue weighted by molar-refractivity contribution is 5.89. The normalized spacial score (nSPS) is 16.0. The van der Waals surface area contributed by atoms with Crippen LogP contribution in [0, 0.1) is 0 Å². The number of ether oxygens (including phenoxy) is 3. The molecule has 1 aliphatic rings. The third-order valence-electron chi connectivity index (χ3n) is 7.92. The van der Waals surface area contributed by atoms with Gasteiger partial charge in [0.2, 0.25) is 5.91 Å². The monoisotopic (exact) mass is 617 g/mol. The van der Waals surface area contributed by atoms with Gasteiger partial charge < -0.3 is 19.5 Å². The van der Waals surface area contributed by atoms with Crippen molar-refractivity contribution in [3.8, 4) is 0 Å². The van der Waals surface area contributed by atoms with Crippen molar-refractivity contribution >= 4 is 17.7 Å². The van der Waals surface area contributed by atoms with Crippen molar-refractivity contribution in [2.24, 2.45) is 0 Å². The summed E-state index contributed by atoms with van der Waals surface area (Å²) in [6.07, 6.45) is 13.4. The van der Waals surface area contributed by atoms with Gasteiger partial charge in [-0.15, -0.1) is 0 Å². The molecule has 1 aromatic heterocycles. The van der Waals surface area contributed by atoms with E-state index in [0.717, 1.165) is 77.0 Å². The van der Waals surface area contributed by atoms with Gasteiger partial charge in [-0.2, -0.15) is 4.98 Å². The van der Waals surface area contributed by atoms with E-state index in [4.69, 9.17) is 14.2 Å². The summed E-state index contributed by atoms with van der Waals surface area (Å²) < 4.78 is 18.0. The van der Waals surface area contributed by atoms with Gasteiger partial charge in [0.1, 0.15) is 12.4 Å². The highest BCUT2D eigenvalue weighted by atomic mass is 16.7. The zero-order chi connectivity index (χ0) is 31.5. The van der Waals surface area contributed by atoms with Gasteiger partial charge in [-0.25, -0.2) is 4.79 Å². The summed E-state index contributed by atoms with van der Waals surface area (Å²) in [5, 5.41) is 2.71. The standard InChI is InChI=1S/C36H47N3O6/c40-32(23-15-5-1-3-9-17-29-19-11-7-12-20-29)37-31-25-26-39(36(42)38-31)33-27-44-35(45-33)28-43-34(41)24-16-6-2-4-10-18-30-21-13-8-14-22-30/h7-8,11-14,19-22,25-26,33,35H,1-6,9-10,15-18,23-24,27-28H2,(H,37,38,40,42)/t33-,35-/m0/s1. The Morgan fingerprint density at radius 3 is 1.98 bits per heavy atom. The predicted octanol–water partition coefficient (Wildman–Crippen LogP) is 6.76. The summed E-state index contributed by atoms with van der Waals surface area (Å²) >= 11 is 0. The number of hydrogen-bond acceptors (Lipinski definition) is 7. The number of carbonyl (C=O) groups is 2. The van der Waals surface area contributed by atoms with Gasteiger partial charge in [0.25, 0.3) is 0 Å². The molecule has 1 aliphatic heterocycles. The van der Waals surface area contributed by atoms with Crippen LogP contribution in [0.5, 0.6) is 0 Å². The van der Waals surface area contributed by atoms with Crippen LogP contribution in [0.1, 0.15) is 94.4 Å². The SMILES string of the molecule is O=C(CCCCCCCc1ccccc1)Nc1ccn([C@@H]2CO[C@H](COC(=O)CCCCCCCc3ccccc3)O2)c(=O)n1. The second-order valence-electron chi connectivity index (χ2n) is 11.6. The van der Waals surface area contributed by atoms with Crippen LogP contribution in [-0.4, -0.2) is 40.9 Å². The van der Waals surface area contributed by atoms with Crippen LogP contribution < -0.4 is 11.0 Å². The average Bonchev–Trinajstić information content (AvgIpc) is 3.52. The molecule has 4 rings (SSSR count). The van der Waals surface area contributed by atoms with Crippen LogP contribution in [0.25, 0.3) is 0 Å². The molecule has 3 aromatic rings. The molecule has 0 radical (unpaired) electrons. The lowest BCUT2D eigenvalue weighted by Crippen LogP contribution is -2.29. The predicted molar refractivity (Wildman–Crippen MR) is 174 cm³/mol. The van der Waals surface area contributed by atoms with E-state index in [9.17, 15) is 14.4 Å². The molecule has 2 atom stereocenters. The first-order chi connectivity index (χ1) is 22.1. The van der Waals surface area contributed by atoms with Gasteiger partial charge in [-0.3, -0.25) is 14.2 Å². The van der Waals surface area contributed by atoms with Crippen molar-refractivity contribution in [2.75, 3.05) is 18.5 Å². The van der Waals surface area contributed by atoms with Gasteiger partial charge >= 0.3 is 11.7 Å². The quantitative estimate of drug-likeness (QED) is 0.110. The lowest BCUT2D eigenvalue weighted by atomic mass is 10.0. The van der Waals surface area contributed by atoms with E-state index in [-0.39, 0.29) is 30.9 Å². The summed E-state index contributed by atoms with van der Waals surface area (Å²) in [5.74, 6) is -0.226. The first kappa shape index (κ1) is 34.1. The molecular weight excluding hydrogens is 570 g/mol. The Balaban J connectivity index is 1.03. The van der Waals surface area contributed by atoms with Gasteiger partial charge in [0.15, 0.2) is 12.5 Å². The zero-order valence-corrected chi connectivity index (χ0v) is 26.2. The Hall–Kier alpha value is -3.82. The Bertz CT molecular complexity index is 1350. The molecular formula is C36H47N3O6. The van der Waals surface area contributed by atoms with E-state index >= 15 is 0 Å². The van der Waals surface area contributed by atoms with Crippen molar-refractivity contribution in [1.29, 1.82) is 0 Å². The number of anilines is 1. The Kier molecular flexibility index (Phi) is 14.8. The molecule has 242 valence electrons. The number of amides is 1. The number of nitrogens with zero attached hydrogens (tertiary/aromatic N) is 2. The molecule has 2 aromatic carbocycles. The molecule has 0 bridgehead atoms. The second-order valence-corrected chi connectivity index (χ2v) is 11.6. The Morgan fingerprint density at radius 1 is 0.778 bits per heavy atom. The summed E-state index contributed by atoms with van der Waals surface area (Å²) in [6, 6.07) is 22.5. The molecule has 0 saturated carbocycles. The van der Waals surface area contributed by atoms with Crippen LogP contribution in [0.3, 0.4) is 0 Å². The first-order valence-electron chi connectivity index (χ1n) is 16.5. The van der Waals surface area contributed by atoms with Gasteiger partial charge in [0, 0.05) is 19.0 Å². The third-order valence-corrected chi connectivity index (χ3v) is 7.92. The molecule has 0 spiro atoms. The number of unbranched alkanes of at least 4 members (excludes halogenated alkanes) is 8. The molecule has 1 N–H and O–H groups in total. The summed E-state index contributed by atoms with van der Waals surface area (Å²) in [5.41, 5.74) is 2.17. The topological polar surface area (TPSA) is 109 Å². The largest absolute Gasteiger partial charge is 0.460 e. The minimum Gasteiger partial charge on any atom is -0.460 e. The van der Waals surface area contributed by atoms with Gasteiger partial charge in [0.05, 0.1) is 6.61 Å². The van der Waals surface area contributed by atoms with E-state index in [2.05, 4.69) is 58.8 Å². The number of esters is 1. The fourth-order valence-electron chi connectivity index (χ4n) is 5.38. The second kappa shape index (κ2) is 19.5. The molecule has 45 heavy (non-hydrogen) atoms. The summed E-state index contributed by atoms with van der Waals surface area (Å²) in [7, 11) is 0. The molecule has 9 heteroatoms. The van der Waals surface area contributed by atoms with Crippen molar-refractivity contribution in [3.05, 3.63) is 94.5 Å². The summed E-state index contributed by atoms with van der Waals surface area (Å²) in [6.45, 7) is 0.0968. The lowest BCUT2D eigenvalue weighted by molar-refractivity contribution is -0.159. The van der Waals surface area contributed by atoms with E-state index < -0.39 is 18.2 Å². The van der Waals surface area contributed by atoms with E-state index in [0.29, 0.717) is 12.8 Å². The smallest absolute Gasteiger partial charge is 0.351 e. The molecule has 0 unspecified atom stereocenters. The van der Waals surface area contributed by atoms with Gasteiger partial charge in [-0.1, -0.05) is 99.2 Å². The van der Waals surface area contributed by atoms with E-state index in [1.54, 1.807) is 6.07 Å². The number of aryl methyl sites for hydroxylation is 2. The maximum absolute atomic E-state index is 12.6. The van der Waals surface area contributed by atoms with Crippen molar-refractivity contribution < 1.29 is 23.8 Å². The number of hydrogen-bond donors (Lipinski definition) is 1. The van der Waals surface area contributed by atoms with Crippen molar-refractivity contribution in [1.82, 2.24) is 9.55 Å². The zero-order valence-electron chi connectivity index (χ0n) is 26.2. The average molecular weight is 618 g/mol. The minimum absolute atomic E-state index is 0.0320. The molecule has 2 heterocycles. The fourth-order valence-corrected chi connectivity index (χ4v) is 5.38. The maximum atomic E-state index is 12.6. The lowest BCUT2D eigenvalue weighted by Gasteiger charge is -2.14. The van der Waals surface area contributed by atoms with Crippen LogP contribution >= 0.6 is 0 Å². The fraction of sp³-hybridized carbons (Fsp3) is 0.500. The van der Waals surface area contributed by atoms with E-state index in [1.807, 2.05) is 12.1 Å². The van der Waals surface area contributed by atoms with Crippen LogP contribution in [-0.2, 0) is 36.6 Å². The van der Waals surface area contributed by atoms with Crippen molar-refractivity contribution in [3.63, 3.8) is 0 Å². The van der Waals surface area contributed by atoms with Crippen molar-refractivity contribution in [2.45, 2.75) is 102 Å². The molecule has 9 nitrogen and oxygen atoms in total. The van der Waals surface area contributed by atoms with Crippen LogP contribution in [0.15, 0.2) is 77.7 Å². The number of rotatable bonds is 20. The third kappa shape index (κ3) is 13.0. The maximum Gasteiger partial charge on any atom is 0.351 e. The summed E-state index contributed by atoms with van der Waals surface area (Å²) in [4.78, 5) is 41.1. The minimum atomic E-state index is -0.749. The van der Waals surface area contributed by atoms with Crippen LogP contribution in [0.4, 0.5) is 5.82 Å². The highest BCUT2D eigenvalue weighted by Crippen LogP contribution is 2.20. The number of aromatic nitrogens is 2. The first-order valence-corrected chi connectivity index (χ1v) is 16.5. The molecule has 0 aliphatic carbocycles. The van der Waals surface area contributed by atoms with E-state index in [1.165, 1.54) is 21.9 Å². The molecule has 1 saturated heterocycles. The Labute approximate surface area is 266 Å². The highest BCUT2D eigenvalue weighted by Gasteiger charge is 2.29.